The van der Waals surface area contributed by atoms with Crippen molar-refractivity contribution in [1.82, 2.24) is 14.3 Å². The van der Waals surface area contributed by atoms with Gasteiger partial charge in [0.15, 0.2) is 0 Å². The first-order valence-electron chi connectivity index (χ1n) is 4.21. The van der Waals surface area contributed by atoms with Crippen LogP contribution in [0.25, 0.3) is 10.9 Å². The molecule has 0 aliphatic rings. The lowest BCUT2D eigenvalue weighted by molar-refractivity contribution is 0.780. The fourth-order valence-electron chi connectivity index (χ4n) is 1.65. The molecule has 0 amide bonds. The number of fused-ring (bicyclic) bond motifs is 1. The third-order valence-corrected chi connectivity index (χ3v) is 2.87. The molecule has 2 heterocycles. The van der Waals surface area contributed by atoms with Crippen LogP contribution >= 0.6 is 15.9 Å². The van der Waals surface area contributed by atoms with E-state index < -0.39 is 0 Å². The maximum absolute atomic E-state index is 11.8. The second kappa shape index (κ2) is 2.95. The average Bonchev–Trinajstić information content (AvgIpc) is 2.38. The van der Waals surface area contributed by atoms with Crippen LogP contribution in [0.4, 0.5) is 0 Å². The Kier molecular flexibility index (Phi) is 1.99. The first-order valence-corrected chi connectivity index (χ1v) is 5.00. The van der Waals surface area contributed by atoms with Crippen LogP contribution in [0.1, 0.15) is 5.69 Å². The SMILES string of the molecule is Cc1nn(C)c2c(Br)cn(C)c(=O)c12. The normalized spacial score (nSPS) is 11.1. The molecule has 0 spiro atoms. The minimum absolute atomic E-state index is 0.00574. The van der Waals surface area contributed by atoms with E-state index in [0.29, 0.717) is 5.39 Å². The Balaban J connectivity index is 3.13. The van der Waals surface area contributed by atoms with Crippen LogP contribution in [0.5, 0.6) is 0 Å². The number of hydrogen-bond acceptors (Lipinski definition) is 2. The Bertz CT molecular complexity index is 567. The van der Waals surface area contributed by atoms with E-state index in [4.69, 9.17) is 0 Å². The topological polar surface area (TPSA) is 39.8 Å². The third kappa shape index (κ3) is 1.12. The van der Waals surface area contributed by atoms with E-state index in [2.05, 4.69) is 21.0 Å². The van der Waals surface area contributed by atoms with E-state index in [1.165, 1.54) is 0 Å². The van der Waals surface area contributed by atoms with E-state index in [-0.39, 0.29) is 5.56 Å². The summed E-state index contributed by atoms with van der Waals surface area (Å²) in [5.41, 5.74) is 1.61. The zero-order chi connectivity index (χ0) is 10.5. The lowest BCUT2D eigenvalue weighted by Gasteiger charge is -2.01. The number of aromatic nitrogens is 3. The molecular formula is C9H10BrN3O. The molecule has 0 atom stereocenters. The van der Waals surface area contributed by atoms with Gasteiger partial charge in [-0.05, 0) is 22.9 Å². The molecule has 0 aromatic carbocycles. The molecule has 74 valence electrons. The summed E-state index contributed by atoms with van der Waals surface area (Å²) in [5.74, 6) is 0. The monoisotopic (exact) mass is 255 g/mol. The molecule has 0 saturated heterocycles. The van der Waals surface area contributed by atoms with Crippen LogP contribution < -0.4 is 5.56 Å². The van der Waals surface area contributed by atoms with Crippen molar-refractivity contribution >= 4 is 26.8 Å². The summed E-state index contributed by atoms with van der Waals surface area (Å²) in [4.78, 5) is 11.8. The molecule has 14 heavy (non-hydrogen) atoms. The first-order chi connectivity index (χ1) is 6.52. The Morgan fingerprint density at radius 2 is 2.07 bits per heavy atom. The highest BCUT2D eigenvalue weighted by Crippen LogP contribution is 2.22. The van der Waals surface area contributed by atoms with Crippen LogP contribution in [0.15, 0.2) is 15.5 Å². The predicted octanol–water partition coefficient (Wildman–Crippen LogP) is 1.34. The molecule has 0 aliphatic heterocycles. The van der Waals surface area contributed by atoms with E-state index in [9.17, 15) is 4.79 Å². The van der Waals surface area contributed by atoms with E-state index in [0.717, 1.165) is 15.7 Å². The fraction of sp³-hybridized carbons (Fsp3) is 0.333. The smallest absolute Gasteiger partial charge is 0.261 e. The van der Waals surface area contributed by atoms with Crippen molar-refractivity contribution in [1.29, 1.82) is 0 Å². The van der Waals surface area contributed by atoms with Crippen molar-refractivity contribution in [2.45, 2.75) is 6.92 Å². The highest BCUT2D eigenvalue weighted by molar-refractivity contribution is 9.10. The number of nitrogens with zero attached hydrogens (tertiary/aromatic N) is 3. The molecule has 2 rings (SSSR count). The summed E-state index contributed by atoms with van der Waals surface area (Å²) in [5, 5.41) is 4.91. The zero-order valence-corrected chi connectivity index (χ0v) is 9.79. The molecule has 0 aliphatic carbocycles. The first kappa shape index (κ1) is 9.45. The summed E-state index contributed by atoms with van der Waals surface area (Å²) in [6, 6.07) is 0. The van der Waals surface area contributed by atoms with Gasteiger partial charge in [-0.3, -0.25) is 9.48 Å². The zero-order valence-electron chi connectivity index (χ0n) is 8.21. The maximum Gasteiger partial charge on any atom is 0.261 e. The summed E-state index contributed by atoms with van der Waals surface area (Å²) in [6.45, 7) is 1.84. The molecule has 5 heteroatoms. The number of hydrogen-bond donors (Lipinski definition) is 0. The van der Waals surface area contributed by atoms with Crippen molar-refractivity contribution in [2.24, 2.45) is 14.1 Å². The average molecular weight is 256 g/mol. The molecular weight excluding hydrogens is 246 g/mol. The third-order valence-electron chi connectivity index (χ3n) is 2.29. The van der Waals surface area contributed by atoms with Crippen molar-refractivity contribution in [3.05, 3.63) is 26.7 Å². The number of pyridine rings is 1. The van der Waals surface area contributed by atoms with Gasteiger partial charge < -0.3 is 4.57 Å². The Morgan fingerprint density at radius 3 is 2.71 bits per heavy atom. The second-order valence-electron chi connectivity index (χ2n) is 3.33. The summed E-state index contributed by atoms with van der Waals surface area (Å²) in [6.07, 6.45) is 1.76. The molecule has 0 radical (unpaired) electrons. The van der Waals surface area contributed by atoms with Gasteiger partial charge in [0.25, 0.3) is 5.56 Å². The van der Waals surface area contributed by atoms with Gasteiger partial charge in [0.2, 0.25) is 0 Å². The van der Waals surface area contributed by atoms with Crippen molar-refractivity contribution in [3.63, 3.8) is 0 Å². The van der Waals surface area contributed by atoms with Crippen LogP contribution in [0, 0.1) is 6.92 Å². The molecule has 0 bridgehead atoms. The predicted molar refractivity (Wildman–Crippen MR) is 58.4 cm³/mol. The second-order valence-corrected chi connectivity index (χ2v) is 4.18. The minimum Gasteiger partial charge on any atom is -0.317 e. The van der Waals surface area contributed by atoms with Crippen molar-refractivity contribution < 1.29 is 0 Å². The van der Waals surface area contributed by atoms with Crippen LogP contribution in [-0.2, 0) is 14.1 Å². The van der Waals surface area contributed by atoms with Gasteiger partial charge in [-0.2, -0.15) is 5.10 Å². The number of halogens is 1. The molecule has 2 aromatic rings. The van der Waals surface area contributed by atoms with Gasteiger partial charge in [-0.1, -0.05) is 0 Å². The van der Waals surface area contributed by atoms with Crippen LogP contribution in [-0.4, -0.2) is 14.3 Å². The van der Waals surface area contributed by atoms with E-state index >= 15 is 0 Å². The van der Waals surface area contributed by atoms with Crippen LogP contribution in [0.3, 0.4) is 0 Å². The molecule has 0 fully saturated rings. The Labute approximate surface area is 89.3 Å². The van der Waals surface area contributed by atoms with Crippen molar-refractivity contribution in [2.75, 3.05) is 0 Å². The number of rotatable bonds is 0. The van der Waals surface area contributed by atoms with Gasteiger partial charge in [0.05, 0.1) is 21.1 Å². The van der Waals surface area contributed by atoms with Gasteiger partial charge >= 0.3 is 0 Å². The highest BCUT2D eigenvalue weighted by Gasteiger charge is 2.12. The summed E-state index contributed by atoms with van der Waals surface area (Å²) < 4.78 is 4.16. The molecule has 0 N–H and O–H groups in total. The molecule has 0 unspecified atom stereocenters. The largest absolute Gasteiger partial charge is 0.317 e. The summed E-state index contributed by atoms with van der Waals surface area (Å²) >= 11 is 3.43. The van der Waals surface area contributed by atoms with E-state index in [1.54, 1.807) is 22.5 Å². The fourth-order valence-corrected chi connectivity index (χ4v) is 2.42. The lowest BCUT2D eigenvalue weighted by atomic mass is 10.2. The van der Waals surface area contributed by atoms with Gasteiger partial charge in [-0.25, -0.2) is 0 Å². The standard InChI is InChI=1S/C9H10BrN3O/c1-5-7-8(13(3)11-5)6(10)4-12(2)9(7)14/h4H,1-3H3. The number of aryl methyl sites for hydroxylation is 3. The molecule has 2 aromatic heterocycles. The van der Waals surface area contributed by atoms with Gasteiger partial charge in [-0.15, -0.1) is 0 Å². The Hall–Kier alpha value is -1.10. The van der Waals surface area contributed by atoms with Gasteiger partial charge in [0.1, 0.15) is 0 Å². The summed E-state index contributed by atoms with van der Waals surface area (Å²) in [7, 11) is 3.57. The van der Waals surface area contributed by atoms with Crippen LogP contribution in [0.2, 0.25) is 0 Å². The quantitative estimate of drug-likeness (QED) is 0.713. The lowest BCUT2D eigenvalue weighted by Crippen LogP contribution is -2.16. The highest BCUT2D eigenvalue weighted by atomic mass is 79.9. The van der Waals surface area contributed by atoms with E-state index in [1.807, 2.05) is 14.0 Å². The molecule has 0 saturated carbocycles. The van der Waals surface area contributed by atoms with Gasteiger partial charge in [0, 0.05) is 20.3 Å². The molecule has 4 nitrogen and oxygen atoms in total. The van der Waals surface area contributed by atoms with Crippen molar-refractivity contribution in [3.8, 4) is 0 Å². The minimum atomic E-state index is -0.00574. The Morgan fingerprint density at radius 1 is 1.43 bits per heavy atom. The maximum atomic E-state index is 11.8.